The van der Waals surface area contributed by atoms with E-state index in [-0.39, 0.29) is 30.6 Å². The number of ether oxygens (including phenoxy) is 3. The zero-order chi connectivity index (χ0) is 25.7. The zero-order valence-corrected chi connectivity index (χ0v) is 20.5. The van der Waals surface area contributed by atoms with E-state index in [2.05, 4.69) is 5.32 Å². The molecule has 0 saturated carbocycles. The fourth-order valence-electron chi connectivity index (χ4n) is 4.39. The van der Waals surface area contributed by atoms with E-state index in [0.717, 1.165) is 6.42 Å². The Balaban J connectivity index is 1.33. The molecule has 1 fully saturated rings. The van der Waals surface area contributed by atoms with Gasteiger partial charge in [-0.3, -0.25) is 14.4 Å². The highest BCUT2D eigenvalue weighted by atomic mass is 16.5. The van der Waals surface area contributed by atoms with Crippen molar-refractivity contribution in [2.24, 2.45) is 0 Å². The molecule has 0 unspecified atom stereocenters. The van der Waals surface area contributed by atoms with Crippen LogP contribution in [0.2, 0.25) is 0 Å². The van der Waals surface area contributed by atoms with Crippen molar-refractivity contribution in [2.75, 3.05) is 31.6 Å². The monoisotopic (exact) mass is 494 g/mol. The lowest BCUT2D eigenvalue weighted by Gasteiger charge is -2.43. The number of piperidine rings is 1. The van der Waals surface area contributed by atoms with Gasteiger partial charge >= 0.3 is 5.97 Å². The molecule has 2 amide bonds. The van der Waals surface area contributed by atoms with E-state index in [0.29, 0.717) is 60.9 Å². The highest BCUT2D eigenvalue weighted by molar-refractivity contribution is 6.00. The molecule has 1 spiro atoms. The number of ketones is 1. The average Bonchev–Trinajstić information content (AvgIpc) is 2.86. The van der Waals surface area contributed by atoms with Crippen molar-refractivity contribution >= 4 is 29.3 Å². The van der Waals surface area contributed by atoms with Gasteiger partial charge < -0.3 is 24.4 Å². The maximum absolute atomic E-state index is 12.8. The molecule has 2 aromatic rings. The summed E-state index contributed by atoms with van der Waals surface area (Å²) in [5.74, 6) is 0.0805. The largest absolute Gasteiger partial charge is 0.486 e. The van der Waals surface area contributed by atoms with Gasteiger partial charge in [0.15, 0.2) is 12.4 Å². The van der Waals surface area contributed by atoms with Crippen molar-refractivity contribution in [1.29, 1.82) is 0 Å². The summed E-state index contributed by atoms with van der Waals surface area (Å²) in [6, 6.07) is 11.3. The fourth-order valence-corrected chi connectivity index (χ4v) is 4.39. The Kier molecular flexibility index (Phi) is 7.57. The normalized spacial score (nSPS) is 16.1. The Bertz CT molecular complexity index is 1150. The van der Waals surface area contributed by atoms with E-state index in [1.807, 2.05) is 6.92 Å². The number of hydrogen-bond donors (Lipinski definition) is 1. The van der Waals surface area contributed by atoms with E-state index < -0.39 is 11.6 Å². The predicted octanol–water partition coefficient (Wildman–Crippen LogP) is 3.62. The number of rotatable bonds is 7. The molecule has 2 aliphatic rings. The Morgan fingerprint density at radius 3 is 2.47 bits per heavy atom. The van der Waals surface area contributed by atoms with E-state index >= 15 is 0 Å². The molecule has 9 heteroatoms. The molecule has 190 valence electrons. The molecule has 1 N–H and O–H groups in total. The van der Waals surface area contributed by atoms with Gasteiger partial charge in [-0.1, -0.05) is 6.92 Å². The smallest absolute Gasteiger partial charge is 0.338 e. The van der Waals surface area contributed by atoms with E-state index in [1.54, 1.807) is 54.3 Å². The highest BCUT2D eigenvalue weighted by Gasteiger charge is 2.43. The first kappa shape index (κ1) is 25.2. The first-order valence-electron chi connectivity index (χ1n) is 12.1. The van der Waals surface area contributed by atoms with Crippen molar-refractivity contribution in [3.8, 4) is 11.5 Å². The third-order valence-corrected chi connectivity index (χ3v) is 6.39. The van der Waals surface area contributed by atoms with Crippen LogP contribution in [0.25, 0.3) is 0 Å². The molecule has 0 bridgehead atoms. The van der Waals surface area contributed by atoms with Crippen molar-refractivity contribution in [1.82, 2.24) is 4.90 Å². The number of carbonyl (C=O) groups excluding carboxylic acids is 4. The van der Waals surface area contributed by atoms with Gasteiger partial charge in [0.05, 0.1) is 24.2 Å². The third-order valence-electron chi connectivity index (χ3n) is 6.39. The van der Waals surface area contributed by atoms with Gasteiger partial charge in [-0.05, 0) is 42.8 Å². The molecule has 2 heterocycles. The molecule has 1 saturated heterocycles. The molecule has 0 aliphatic carbocycles. The quantitative estimate of drug-likeness (QED) is 0.585. The van der Waals surface area contributed by atoms with Crippen molar-refractivity contribution < 1.29 is 33.4 Å². The molecule has 0 aromatic heterocycles. The summed E-state index contributed by atoms with van der Waals surface area (Å²) >= 11 is 0. The van der Waals surface area contributed by atoms with Gasteiger partial charge in [-0.15, -0.1) is 0 Å². The number of carbonyl (C=O) groups is 4. The molecule has 9 nitrogen and oxygen atoms in total. The second-order valence-corrected chi connectivity index (χ2v) is 9.10. The van der Waals surface area contributed by atoms with Crippen LogP contribution in [0.5, 0.6) is 11.5 Å². The van der Waals surface area contributed by atoms with Crippen LogP contribution in [-0.4, -0.2) is 60.4 Å². The van der Waals surface area contributed by atoms with Gasteiger partial charge in [0.2, 0.25) is 5.91 Å². The summed E-state index contributed by atoms with van der Waals surface area (Å²) in [7, 11) is 0. The van der Waals surface area contributed by atoms with Crippen LogP contribution in [-0.2, 0) is 14.3 Å². The predicted molar refractivity (Wildman–Crippen MR) is 131 cm³/mol. The summed E-state index contributed by atoms with van der Waals surface area (Å²) in [6.07, 6.45) is 2.19. The van der Waals surface area contributed by atoms with Crippen molar-refractivity contribution in [3.63, 3.8) is 0 Å². The molecular weight excluding hydrogens is 464 g/mol. The minimum Gasteiger partial charge on any atom is -0.486 e. The maximum atomic E-state index is 12.8. The van der Waals surface area contributed by atoms with Crippen LogP contribution in [0.15, 0.2) is 42.5 Å². The Hall–Kier alpha value is -3.88. The van der Waals surface area contributed by atoms with Gasteiger partial charge in [0.25, 0.3) is 5.91 Å². The SMILES string of the molecule is CCCOC(=O)c1ccc(NC(=O)COc2ccc3c(c2)OC2(CCN(C(C)=O)CC2)CC3=O)cc1. The number of hydrogen-bond acceptors (Lipinski definition) is 7. The summed E-state index contributed by atoms with van der Waals surface area (Å²) < 4.78 is 17.0. The van der Waals surface area contributed by atoms with Crippen LogP contribution in [0, 0.1) is 0 Å². The summed E-state index contributed by atoms with van der Waals surface area (Å²) in [5, 5.41) is 2.72. The van der Waals surface area contributed by atoms with Crippen LogP contribution in [0.4, 0.5) is 5.69 Å². The Morgan fingerprint density at radius 2 is 1.81 bits per heavy atom. The summed E-state index contributed by atoms with van der Waals surface area (Å²) in [5.41, 5.74) is 0.796. The average molecular weight is 495 g/mol. The lowest BCUT2D eigenvalue weighted by atomic mass is 9.82. The third kappa shape index (κ3) is 5.84. The number of Topliss-reactive ketones (excluding diaryl/α,β-unsaturated/α-hetero) is 1. The number of likely N-dealkylation sites (tertiary alicyclic amines) is 1. The first-order valence-corrected chi connectivity index (χ1v) is 12.1. The molecule has 2 aliphatic heterocycles. The lowest BCUT2D eigenvalue weighted by molar-refractivity contribution is -0.132. The number of nitrogens with one attached hydrogen (secondary N) is 1. The zero-order valence-electron chi connectivity index (χ0n) is 20.5. The molecule has 2 aromatic carbocycles. The van der Waals surface area contributed by atoms with E-state index in [9.17, 15) is 19.2 Å². The van der Waals surface area contributed by atoms with Gasteiger partial charge in [0.1, 0.15) is 17.1 Å². The number of anilines is 1. The Morgan fingerprint density at radius 1 is 1.08 bits per heavy atom. The molecule has 4 rings (SSSR count). The van der Waals surface area contributed by atoms with E-state index in [4.69, 9.17) is 14.2 Å². The van der Waals surface area contributed by atoms with E-state index in [1.165, 1.54) is 0 Å². The van der Waals surface area contributed by atoms with Gasteiger partial charge in [-0.25, -0.2) is 4.79 Å². The number of fused-ring (bicyclic) bond motifs is 1. The first-order chi connectivity index (χ1) is 17.3. The van der Waals surface area contributed by atoms with Crippen LogP contribution in [0.1, 0.15) is 60.2 Å². The minimum atomic E-state index is -0.624. The van der Waals surface area contributed by atoms with Gasteiger partial charge in [-0.2, -0.15) is 0 Å². The second kappa shape index (κ2) is 10.8. The number of nitrogens with zero attached hydrogens (tertiary/aromatic N) is 1. The lowest BCUT2D eigenvalue weighted by Crippen LogP contribution is -2.51. The number of benzene rings is 2. The van der Waals surface area contributed by atoms with Crippen LogP contribution >= 0.6 is 0 Å². The fraction of sp³-hybridized carbons (Fsp3) is 0.407. The molecule has 36 heavy (non-hydrogen) atoms. The highest BCUT2D eigenvalue weighted by Crippen LogP contribution is 2.40. The molecule has 0 atom stereocenters. The Labute approximate surface area is 209 Å². The minimum absolute atomic E-state index is 0.00107. The van der Waals surface area contributed by atoms with Gasteiger partial charge in [0, 0.05) is 44.6 Å². The topological polar surface area (TPSA) is 111 Å². The summed E-state index contributed by atoms with van der Waals surface area (Å²) in [4.78, 5) is 50.4. The van der Waals surface area contributed by atoms with Crippen LogP contribution < -0.4 is 14.8 Å². The molecular formula is C27H30N2O7. The number of esters is 1. The second-order valence-electron chi connectivity index (χ2n) is 9.10. The van der Waals surface area contributed by atoms with Crippen LogP contribution in [0.3, 0.4) is 0 Å². The maximum Gasteiger partial charge on any atom is 0.338 e. The standard InChI is InChI=1S/C27H30N2O7/c1-3-14-34-26(33)19-4-6-20(7-5-19)28-25(32)17-35-21-8-9-22-23(31)16-27(36-24(22)15-21)10-12-29(13-11-27)18(2)30/h4-9,15H,3,10-14,16-17H2,1-2H3,(H,28,32). The van der Waals surface area contributed by atoms with Crippen molar-refractivity contribution in [2.45, 2.75) is 45.1 Å². The van der Waals surface area contributed by atoms with Crippen molar-refractivity contribution in [3.05, 3.63) is 53.6 Å². The number of amides is 2. The molecule has 0 radical (unpaired) electrons. The summed E-state index contributed by atoms with van der Waals surface area (Å²) in [6.45, 7) is 4.67.